The molecule has 3 aliphatic rings. The van der Waals surface area contributed by atoms with Crippen molar-refractivity contribution in [3.05, 3.63) is 70.8 Å². The van der Waals surface area contributed by atoms with Crippen molar-refractivity contribution >= 4 is 11.8 Å². The maximum atomic E-state index is 12.7. The zero-order valence-electron chi connectivity index (χ0n) is 20.7. The molecule has 1 unspecified atom stereocenters. The highest BCUT2D eigenvalue weighted by Crippen LogP contribution is 2.31. The van der Waals surface area contributed by atoms with E-state index in [2.05, 4.69) is 58.0 Å². The van der Waals surface area contributed by atoms with Crippen molar-refractivity contribution in [1.29, 1.82) is 0 Å². The van der Waals surface area contributed by atoms with E-state index in [-0.39, 0.29) is 11.9 Å². The summed E-state index contributed by atoms with van der Waals surface area (Å²) in [5, 5.41) is 6.53. The maximum absolute atomic E-state index is 12.7. The SMILES string of the molecule is O=C(NCCN1CCC(c2ccccc2CN2CCCCC2=O)CC1)C1Cc2ccccc2CN1. The van der Waals surface area contributed by atoms with Gasteiger partial charge < -0.3 is 20.4 Å². The molecule has 0 bridgehead atoms. The lowest BCUT2D eigenvalue weighted by Crippen LogP contribution is -2.49. The Morgan fingerprint density at radius 2 is 1.74 bits per heavy atom. The first-order valence-electron chi connectivity index (χ1n) is 13.3. The molecule has 0 saturated carbocycles. The van der Waals surface area contributed by atoms with Crippen LogP contribution in [-0.2, 0) is 29.1 Å². The molecule has 3 heterocycles. The monoisotopic (exact) mass is 474 g/mol. The van der Waals surface area contributed by atoms with Crippen molar-refractivity contribution in [2.75, 3.05) is 32.7 Å². The van der Waals surface area contributed by atoms with E-state index in [9.17, 15) is 9.59 Å². The van der Waals surface area contributed by atoms with Gasteiger partial charge in [-0.1, -0.05) is 48.5 Å². The summed E-state index contributed by atoms with van der Waals surface area (Å²) in [6.45, 7) is 6.08. The van der Waals surface area contributed by atoms with Crippen LogP contribution in [0.1, 0.15) is 60.3 Å². The van der Waals surface area contributed by atoms with Gasteiger partial charge in [-0.2, -0.15) is 0 Å². The highest BCUT2D eigenvalue weighted by molar-refractivity contribution is 5.82. The lowest BCUT2D eigenvalue weighted by Gasteiger charge is -2.34. The average molecular weight is 475 g/mol. The highest BCUT2D eigenvalue weighted by atomic mass is 16.2. The Kier molecular flexibility index (Phi) is 7.79. The quantitative estimate of drug-likeness (QED) is 0.647. The fraction of sp³-hybridized carbons (Fsp3) is 0.517. The number of rotatable bonds is 7. The third kappa shape index (κ3) is 5.93. The molecule has 0 aromatic heterocycles. The Morgan fingerprint density at radius 1 is 0.971 bits per heavy atom. The van der Waals surface area contributed by atoms with Crippen LogP contribution < -0.4 is 10.6 Å². The second-order valence-corrected chi connectivity index (χ2v) is 10.3. The van der Waals surface area contributed by atoms with E-state index in [4.69, 9.17) is 0 Å². The molecular weight excluding hydrogens is 436 g/mol. The van der Waals surface area contributed by atoms with E-state index < -0.39 is 0 Å². The molecule has 186 valence electrons. The normalized spacial score (nSPS) is 21.5. The molecule has 2 amide bonds. The summed E-state index contributed by atoms with van der Waals surface area (Å²) in [6.07, 6.45) is 5.85. The van der Waals surface area contributed by atoms with E-state index in [1.807, 2.05) is 11.0 Å². The minimum absolute atomic E-state index is 0.107. The fourth-order valence-corrected chi connectivity index (χ4v) is 5.88. The average Bonchev–Trinajstić information content (AvgIpc) is 2.90. The van der Waals surface area contributed by atoms with Crippen LogP contribution in [0.15, 0.2) is 48.5 Å². The van der Waals surface area contributed by atoms with Crippen LogP contribution in [-0.4, -0.2) is 60.4 Å². The molecule has 2 aromatic carbocycles. The summed E-state index contributed by atoms with van der Waals surface area (Å²) in [6, 6.07) is 16.9. The smallest absolute Gasteiger partial charge is 0.237 e. The van der Waals surface area contributed by atoms with Crippen molar-refractivity contribution in [2.24, 2.45) is 0 Å². The van der Waals surface area contributed by atoms with Crippen molar-refractivity contribution in [1.82, 2.24) is 20.4 Å². The van der Waals surface area contributed by atoms with Gasteiger partial charge in [0.1, 0.15) is 0 Å². The van der Waals surface area contributed by atoms with E-state index >= 15 is 0 Å². The van der Waals surface area contributed by atoms with Gasteiger partial charge >= 0.3 is 0 Å². The predicted octanol–water partition coefficient (Wildman–Crippen LogP) is 3.21. The van der Waals surface area contributed by atoms with E-state index in [1.165, 1.54) is 22.3 Å². The number of carbonyl (C=O) groups is 2. The lowest BCUT2D eigenvalue weighted by atomic mass is 9.86. The topological polar surface area (TPSA) is 64.7 Å². The van der Waals surface area contributed by atoms with Gasteiger partial charge in [-0.25, -0.2) is 0 Å². The maximum Gasteiger partial charge on any atom is 0.237 e. The summed E-state index contributed by atoms with van der Waals surface area (Å²) < 4.78 is 0. The van der Waals surface area contributed by atoms with E-state index in [0.717, 1.165) is 71.4 Å². The minimum Gasteiger partial charge on any atom is -0.353 e. The van der Waals surface area contributed by atoms with Gasteiger partial charge in [-0.3, -0.25) is 9.59 Å². The van der Waals surface area contributed by atoms with Gasteiger partial charge in [0.05, 0.1) is 6.04 Å². The van der Waals surface area contributed by atoms with Crippen LogP contribution in [0.3, 0.4) is 0 Å². The van der Waals surface area contributed by atoms with Crippen LogP contribution >= 0.6 is 0 Å². The van der Waals surface area contributed by atoms with Crippen molar-refractivity contribution < 1.29 is 9.59 Å². The molecule has 6 heteroatoms. The third-order valence-corrected chi connectivity index (χ3v) is 7.99. The van der Waals surface area contributed by atoms with Gasteiger partial charge in [0.15, 0.2) is 0 Å². The molecular formula is C29H38N4O2. The molecule has 2 N–H and O–H groups in total. The molecule has 1 atom stereocenters. The zero-order valence-corrected chi connectivity index (χ0v) is 20.7. The van der Waals surface area contributed by atoms with Crippen molar-refractivity contribution in [2.45, 2.75) is 63.6 Å². The van der Waals surface area contributed by atoms with Gasteiger partial charge in [0.25, 0.3) is 0 Å². The number of hydrogen-bond donors (Lipinski definition) is 2. The molecule has 6 nitrogen and oxygen atoms in total. The number of nitrogens with one attached hydrogen (secondary N) is 2. The summed E-state index contributed by atoms with van der Waals surface area (Å²) in [5.74, 6) is 0.953. The van der Waals surface area contributed by atoms with Gasteiger partial charge in [0.2, 0.25) is 11.8 Å². The Hall–Kier alpha value is -2.70. The van der Waals surface area contributed by atoms with Crippen LogP contribution in [0.4, 0.5) is 0 Å². The third-order valence-electron chi connectivity index (χ3n) is 7.99. The standard InChI is InChI=1S/C29H38N4O2/c34-28-11-5-6-15-33(28)21-25-9-3-4-10-26(25)22-12-16-32(17-13-22)18-14-30-29(35)27-19-23-7-1-2-8-24(23)20-31-27/h1-4,7-10,22,27,31H,5-6,11-21H2,(H,30,35). The highest BCUT2D eigenvalue weighted by Gasteiger charge is 2.26. The number of hydrogen-bond acceptors (Lipinski definition) is 4. The molecule has 3 aliphatic heterocycles. The van der Waals surface area contributed by atoms with E-state index in [0.29, 0.717) is 24.8 Å². The minimum atomic E-state index is -0.140. The molecule has 0 radical (unpaired) electrons. The molecule has 35 heavy (non-hydrogen) atoms. The second kappa shape index (κ2) is 11.4. The van der Waals surface area contributed by atoms with E-state index in [1.54, 1.807) is 0 Å². The summed E-state index contributed by atoms with van der Waals surface area (Å²) >= 11 is 0. The summed E-state index contributed by atoms with van der Waals surface area (Å²) in [7, 11) is 0. The van der Waals surface area contributed by atoms with Gasteiger partial charge in [-0.15, -0.1) is 0 Å². The molecule has 0 spiro atoms. The second-order valence-electron chi connectivity index (χ2n) is 10.3. The molecule has 2 aromatic rings. The Balaban J connectivity index is 1.07. The number of benzene rings is 2. The van der Waals surface area contributed by atoms with Crippen LogP contribution in [0, 0.1) is 0 Å². The molecule has 0 aliphatic carbocycles. The Morgan fingerprint density at radius 3 is 2.57 bits per heavy atom. The van der Waals surface area contributed by atoms with Crippen LogP contribution in [0.2, 0.25) is 0 Å². The van der Waals surface area contributed by atoms with Gasteiger partial charge in [-0.05, 0) is 73.4 Å². The number of carbonyl (C=O) groups excluding carboxylic acids is 2. The first-order chi connectivity index (χ1) is 17.2. The zero-order chi connectivity index (χ0) is 24.0. The lowest BCUT2D eigenvalue weighted by molar-refractivity contribution is -0.133. The predicted molar refractivity (Wildman–Crippen MR) is 138 cm³/mol. The Bertz CT molecular complexity index is 1030. The first-order valence-corrected chi connectivity index (χ1v) is 13.3. The fourth-order valence-electron chi connectivity index (χ4n) is 5.88. The van der Waals surface area contributed by atoms with Crippen molar-refractivity contribution in [3.8, 4) is 0 Å². The van der Waals surface area contributed by atoms with Gasteiger partial charge in [0, 0.05) is 39.1 Å². The largest absolute Gasteiger partial charge is 0.353 e. The van der Waals surface area contributed by atoms with Crippen LogP contribution in [0.25, 0.3) is 0 Å². The number of likely N-dealkylation sites (tertiary alicyclic amines) is 2. The summed E-state index contributed by atoms with van der Waals surface area (Å²) in [5.41, 5.74) is 5.31. The molecule has 2 fully saturated rings. The Labute approximate surface area is 209 Å². The number of nitrogens with zero attached hydrogens (tertiary/aromatic N) is 2. The number of piperidine rings is 2. The number of fused-ring (bicyclic) bond motifs is 1. The number of amides is 2. The first kappa shape index (κ1) is 24.0. The van der Waals surface area contributed by atoms with Crippen molar-refractivity contribution in [3.63, 3.8) is 0 Å². The molecule has 5 rings (SSSR count). The summed E-state index contributed by atoms with van der Waals surface area (Å²) in [4.78, 5) is 29.5. The molecule has 2 saturated heterocycles. The van der Waals surface area contributed by atoms with Crippen LogP contribution in [0.5, 0.6) is 0 Å².